The monoisotopic (exact) mass is 454 g/mol. The molecule has 1 saturated heterocycles. The fraction of sp³-hybridized carbons (Fsp3) is 0.560. The van der Waals surface area contributed by atoms with Gasteiger partial charge in [0, 0.05) is 31.1 Å². The molecule has 1 aromatic carbocycles. The highest BCUT2D eigenvalue weighted by Gasteiger charge is 2.27. The Bertz CT molecular complexity index is 963. The van der Waals surface area contributed by atoms with Gasteiger partial charge >= 0.3 is 6.01 Å². The lowest BCUT2D eigenvalue weighted by atomic mass is 9.95. The number of ether oxygens (including phenoxy) is 2. The lowest BCUT2D eigenvalue weighted by Crippen LogP contribution is -2.41. The van der Waals surface area contributed by atoms with Crippen LogP contribution >= 0.6 is 0 Å². The van der Waals surface area contributed by atoms with E-state index >= 15 is 0 Å². The van der Waals surface area contributed by atoms with Crippen molar-refractivity contribution in [3.8, 4) is 22.9 Å². The number of benzene rings is 1. The molecule has 0 atom stereocenters. The third-order valence-corrected chi connectivity index (χ3v) is 6.40. The molecule has 1 aromatic heterocycles. The van der Waals surface area contributed by atoms with Gasteiger partial charge in [0.1, 0.15) is 0 Å². The Morgan fingerprint density at radius 1 is 1.24 bits per heavy atom. The van der Waals surface area contributed by atoms with Crippen molar-refractivity contribution in [2.75, 3.05) is 38.3 Å². The number of carbonyl (C=O) groups is 1. The fourth-order valence-corrected chi connectivity index (χ4v) is 4.50. The van der Waals surface area contributed by atoms with Crippen molar-refractivity contribution in [1.82, 2.24) is 15.5 Å². The first-order valence-electron chi connectivity index (χ1n) is 12.0. The van der Waals surface area contributed by atoms with E-state index in [1.165, 1.54) is 31.3 Å². The van der Waals surface area contributed by atoms with E-state index in [4.69, 9.17) is 14.0 Å². The predicted molar refractivity (Wildman–Crippen MR) is 127 cm³/mol. The van der Waals surface area contributed by atoms with Gasteiger partial charge in [-0.05, 0) is 70.1 Å². The molecule has 4 rings (SSSR count). The maximum atomic E-state index is 12.6. The molecule has 2 aliphatic rings. The standard InChI is InChI=1S/C25H34N4O4/c1-3-32-21-10-9-20(17-22(21)31-2)23-27-25(33-28-23)29-15-12-19(13-16-29)24(30)26-14-11-18-7-5-4-6-8-18/h7,9-10,17,19H,3-6,8,11-16H2,1-2H3,(H,26,30). The predicted octanol–water partition coefficient (Wildman–Crippen LogP) is 4.37. The van der Waals surface area contributed by atoms with E-state index in [1.807, 2.05) is 25.1 Å². The number of amides is 1. The van der Waals surface area contributed by atoms with Crippen LogP contribution in [-0.4, -0.2) is 49.4 Å². The fourth-order valence-electron chi connectivity index (χ4n) is 4.50. The van der Waals surface area contributed by atoms with Crippen LogP contribution in [0.3, 0.4) is 0 Å². The number of aromatic nitrogens is 2. The van der Waals surface area contributed by atoms with Crippen LogP contribution in [0.25, 0.3) is 11.4 Å². The molecule has 2 heterocycles. The SMILES string of the molecule is CCOc1ccc(-c2noc(N3CCC(C(=O)NCCC4=CCCCC4)CC3)n2)cc1OC. The Labute approximate surface area is 195 Å². The third kappa shape index (κ3) is 5.86. The van der Waals surface area contributed by atoms with E-state index in [0.29, 0.717) is 29.9 Å². The van der Waals surface area contributed by atoms with E-state index < -0.39 is 0 Å². The molecule has 1 aliphatic carbocycles. The Morgan fingerprint density at radius 2 is 2.09 bits per heavy atom. The molecule has 178 valence electrons. The molecule has 1 N–H and O–H groups in total. The van der Waals surface area contributed by atoms with Gasteiger partial charge < -0.3 is 24.2 Å². The van der Waals surface area contributed by atoms with Crippen LogP contribution in [0.1, 0.15) is 51.9 Å². The van der Waals surface area contributed by atoms with Crippen molar-refractivity contribution in [3.63, 3.8) is 0 Å². The van der Waals surface area contributed by atoms with Crippen LogP contribution in [0.15, 0.2) is 34.4 Å². The number of carbonyl (C=O) groups excluding carboxylic acids is 1. The van der Waals surface area contributed by atoms with Gasteiger partial charge in [-0.25, -0.2) is 0 Å². The highest BCUT2D eigenvalue weighted by atomic mass is 16.5. The van der Waals surface area contributed by atoms with E-state index in [-0.39, 0.29) is 11.8 Å². The van der Waals surface area contributed by atoms with Crippen molar-refractivity contribution in [2.24, 2.45) is 5.92 Å². The first kappa shape index (κ1) is 23.1. The van der Waals surface area contributed by atoms with Gasteiger partial charge in [0.05, 0.1) is 13.7 Å². The molecular formula is C25H34N4O4. The van der Waals surface area contributed by atoms with E-state index in [1.54, 1.807) is 7.11 Å². The Balaban J connectivity index is 1.28. The molecule has 1 aliphatic heterocycles. The lowest BCUT2D eigenvalue weighted by Gasteiger charge is -2.29. The van der Waals surface area contributed by atoms with Gasteiger partial charge in [0.25, 0.3) is 0 Å². The number of nitrogens with one attached hydrogen (secondary N) is 1. The minimum atomic E-state index is 0.0411. The average Bonchev–Trinajstić information content (AvgIpc) is 3.35. The van der Waals surface area contributed by atoms with Crippen molar-refractivity contribution < 1.29 is 18.8 Å². The van der Waals surface area contributed by atoms with Gasteiger partial charge in [-0.3, -0.25) is 4.79 Å². The smallest absolute Gasteiger partial charge is 0.324 e. The molecule has 0 saturated carbocycles. The van der Waals surface area contributed by atoms with Gasteiger partial charge in [-0.15, -0.1) is 0 Å². The highest BCUT2D eigenvalue weighted by Crippen LogP contribution is 2.32. The second-order valence-electron chi connectivity index (χ2n) is 8.61. The van der Waals surface area contributed by atoms with E-state index in [0.717, 1.165) is 44.5 Å². The summed E-state index contributed by atoms with van der Waals surface area (Å²) in [6.45, 7) is 4.67. The van der Waals surface area contributed by atoms with Gasteiger partial charge in [-0.2, -0.15) is 4.98 Å². The topological polar surface area (TPSA) is 89.7 Å². The molecule has 0 bridgehead atoms. The number of anilines is 1. The van der Waals surface area contributed by atoms with Crippen LogP contribution in [0.4, 0.5) is 6.01 Å². The molecular weight excluding hydrogens is 420 g/mol. The van der Waals surface area contributed by atoms with Crippen molar-refractivity contribution >= 4 is 11.9 Å². The highest BCUT2D eigenvalue weighted by molar-refractivity contribution is 5.79. The number of rotatable bonds is 9. The quantitative estimate of drug-likeness (QED) is 0.563. The Hall–Kier alpha value is -3.03. The van der Waals surface area contributed by atoms with Crippen LogP contribution in [0.5, 0.6) is 11.5 Å². The molecule has 2 aromatic rings. The molecule has 0 unspecified atom stereocenters. The Morgan fingerprint density at radius 3 is 2.82 bits per heavy atom. The molecule has 33 heavy (non-hydrogen) atoms. The number of allylic oxidation sites excluding steroid dienone is 1. The minimum absolute atomic E-state index is 0.0411. The summed E-state index contributed by atoms with van der Waals surface area (Å²) < 4.78 is 16.5. The second kappa shape index (κ2) is 11.2. The number of hydrogen-bond acceptors (Lipinski definition) is 7. The molecule has 8 nitrogen and oxygen atoms in total. The summed E-state index contributed by atoms with van der Waals surface area (Å²) >= 11 is 0. The lowest BCUT2D eigenvalue weighted by molar-refractivity contribution is -0.125. The molecule has 0 spiro atoms. The first-order chi connectivity index (χ1) is 16.2. The summed E-state index contributed by atoms with van der Waals surface area (Å²) in [5.41, 5.74) is 2.29. The third-order valence-electron chi connectivity index (χ3n) is 6.40. The van der Waals surface area contributed by atoms with E-state index in [9.17, 15) is 4.79 Å². The molecule has 1 fully saturated rings. The van der Waals surface area contributed by atoms with Crippen LogP contribution in [0.2, 0.25) is 0 Å². The number of hydrogen-bond donors (Lipinski definition) is 1. The summed E-state index contributed by atoms with van der Waals surface area (Å²) in [5, 5.41) is 7.28. The molecule has 0 radical (unpaired) electrons. The molecule has 1 amide bonds. The number of methoxy groups -OCH3 is 1. The normalized spacial score (nSPS) is 16.9. The van der Waals surface area contributed by atoms with Crippen LogP contribution in [0, 0.1) is 5.92 Å². The van der Waals surface area contributed by atoms with Gasteiger partial charge in [-0.1, -0.05) is 16.8 Å². The second-order valence-corrected chi connectivity index (χ2v) is 8.61. The zero-order chi connectivity index (χ0) is 23.0. The largest absolute Gasteiger partial charge is 0.493 e. The maximum absolute atomic E-state index is 12.6. The Kier molecular flexibility index (Phi) is 7.86. The summed E-state index contributed by atoms with van der Waals surface area (Å²) in [6, 6.07) is 6.07. The van der Waals surface area contributed by atoms with Crippen molar-refractivity contribution in [3.05, 3.63) is 29.8 Å². The zero-order valence-electron chi connectivity index (χ0n) is 19.6. The number of nitrogens with zero attached hydrogens (tertiary/aromatic N) is 3. The van der Waals surface area contributed by atoms with Crippen molar-refractivity contribution in [2.45, 2.75) is 51.9 Å². The van der Waals surface area contributed by atoms with Gasteiger partial charge in [0.15, 0.2) is 11.5 Å². The summed E-state index contributed by atoms with van der Waals surface area (Å²) in [7, 11) is 1.61. The molecule has 8 heteroatoms. The number of piperidine rings is 1. The van der Waals surface area contributed by atoms with Crippen LogP contribution in [-0.2, 0) is 4.79 Å². The summed E-state index contributed by atoms with van der Waals surface area (Å²) in [5.74, 6) is 2.02. The van der Waals surface area contributed by atoms with E-state index in [2.05, 4.69) is 26.4 Å². The summed E-state index contributed by atoms with van der Waals surface area (Å²) in [4.78, 5) is 19.2. The average molecular weight is 455 g/mol. The summed E-state index contributed by atoms with van der Waals surface area (Å²) in [6.07, 6.45) is 9.83. The van der Waals surface area contributed by atoms with Gasteiger partial charge in [0.2, 0.25) is 11.7 Å². The first-order valence-corrected chi connectivity index (χ1v) is 12.0. The van der Waals surface area contributed by atoms with Crippen molar-refractivity contribution in [1.29, 1.82) is 0 Å². The maximum Gasteiger partial charge on any atom is 0.324 e. The minimum Gasteiger partial charge on any atom is -0.493 e. The van der Waals surface area contributed by atoms with Crippen LogP contribution < -0.4 is 19.7 Å². The zero-order valence-corrected chi connectivity index (χ0v) is 19.6.